The van der Waals surface area contributed by atoms with E-state index in [1.165, 1.54) is 7.11 Å². The summed E-state index contributed by atoms with van der Waals surface area (Å²) in [5.74, 6) is -0.700. The lowest BCUT2D eigenvalue weighted by Gasteiger charge is -2.69. The molecule has 2 N–H and O–H groups in total. The van der Waals surface area contributed by atoms with Crippen LogP contribution in [-0.4, -0.2) is 42.0 Å². The average Bonchev–Trinajstić information content (AvgIpc) is 2.88. The second-order valence-corrected chi connectivity index (χ2v) is 14.9. The van der Waals surface area contributed by atoms with Crippen LogP contribution in [0.5, 0.6) is 0 Å². The number of hydrogen-bond acceptors (Lipinski definition) is 6. The molecule has 39 heavy (non-hydrogen) atoms. The fourth-order valence-corrected chi connectivity index (χ4v) is 10.1. The van der Waals surface area contributed by atoms with Gasteiger partial charge in [0, 0.05) is 16.9 Å². The van der Waals surface area contributed by atoms with E-state index in [2.05, 4.69) is 46.0 Å². The zero-order chi connectivity index (χ0) is 28.8. The molecule has 3 fully saturated rings. The summed E-state index contributed by atoms with van der Waals surface area (Å²) in [4.78, 5) is 40.3. The number of carbonyl (C=O) groups is 3. The molecule has 5 aliphatic rings. The number of nitrogens with one attached hydrogen (secondary N) is 1. The van der Waals surface area contributed by atoms with Crippen LogP contribution in [0.2, 0.25) is 0 Å². The summed E-state index contributed by atoms with van der Waals surface area (Å²) in [5, 5.41) is 23.6. The summed E-state index contributed by atoms with van der Waals surface area (Å²) in [6, 6.07) is 2.10. The lowest BCUT2D eigenvalue weighted by atomic mass is 9.35. The summed E-state index contributed by atoms with van der Waals surface area (Å²) in [6.07, 6.45) is 8.91. The van der Waals surface area contributed by atoms with Crippen molar-refractivity contribution in [2.45, 2.75) is 92.0 Å². The number of nitrogens with zero attached hydrogens (tertiary/aromatic N) is 1. The quantitative estimate of drug-likeness (QED) is 0.496. The van der Waals surface area contributed by atoms with Crippen LogP contribution in [0.4, 0.5) is 4.79 Å². The van der Waals surface area contributed by atoms with Crippen LogP contribution in [0, 0.1) is 56.2 Å². The van der Waals surface area contributed by atoms with E-state index >= 15 is 0 Å². The van der Waals surface area contributed by atoms with Crippen molar-refractivity contribution in [3.05, 3.63) is 23.3 Å². The number of carbonyl (C=O) groups excluding carboxylic acids is 3. The van der Waals surface area contributed by atoms with Crippen LogP contribution in [0.15, 0.2) is 23.3 Å². The Bertz CT molecular complexity index is 1240. The molecule has 0 aromatic carbocycles. The van der Waals surface area contributed by atoms with Gasteiger partial charge < -0.3 is 15.2 Å². The topological polar surface area (TPSA) is 116 Å². The molecule has 0 aliphatic heterocycles. The molecule has 7 heteroatoms. The molecule has 5 aliphatic carbocycles. The van der Waals surface area contributed by atoms with E-state index in [-0.39, 0.29) is 57.7 Å². The molecule has 212 valence electrons. The van der Waals surface area contributed by atoms with Crippen LogP contribution in [0.1, 0.15) is 86.5 Å². The van der Waals surface area contributed by atoms with E-state index in [0.717, 1.165) is 50.5 Å². The van der Waals surface area contributed by atoms with Gasteiger partial charge in [-0.25, -0.2) is 4.79 Å². The predicted octanol–water partition coefficient (Wildman–Crippen LogP) is 5.29. The van der Waals surface area contributed by atoms with Gasteiger partial charge in [-0.2, -0.15) is 5.26 Å². The molecule has 5 rings (SSSR count). The zero-order valence-corrected chi connectivity index (χ0v) is 24.6. The fraction of sp³-hybridized carbons (Fsp3) is 0.750. The third-order valence-electron chi connectivity index (χ3n) is 12.6. The van der Waals surface area contributed by atoms with E-state index in [1.807, 2.05) is 6.08 Å². The maximum absolute atomic E-state index is 14.4. The number of nitriles is 1. The monoisotopic (exact) mass is 536 g/mol. The van der Waals surface area contributed by atoms with Crippen LogP contribution in [-0.2, 0) is 14.3 Å². The van der Waals surface area contributed by atoms with Crippen molar-refractivity contribution in [3.8, 4) is 6.07 Å². The summed E-state index contributed by atoms with van der Waals surface area (Å²) in [6.45, 7) is 12.6. The minimum Gasteiger partial charge on any atom is -0.453 e. The Kier molecular flexibility index (Phi) is 6.14. The predicted molar refractivity (Wildman–Crippen MR) is 146 cm³/mol. The number of ether oxygens (including phenoxy) is 1. The lowest BCUT2D eigenvalue weighted by Crippen LogP contribution is -2.69. The fourth-order valence-electron chi connectivity index (χ4n) is 10.1. The van der Waals surface area contributed by atoms with E-state index < -0.39 is 22.5 Å². The number of aliphatic hydroxyl groups excluding tert-OH is 1. The third-order valence-corrected chi connectivity index (χ3v) is 12.6. The second kappa shape index (κ2) is 8.52. The maximum atomic E-state index is 14.4. The van der Waals surface area contributed by atoms with Gasteiger partial charge in [0.2, 0.25) is 0 Å². The number of methoxy groups -OCH3 is 1. The molecule has 8 atom stereocenters. The van der Waals surface area contributed by atoms with Gasteiger partial charge in [0.1, 0.15) is 6.07 Å². The van der Waals surface area contributed by atoms with Gasteiger partial charge >= 0.3 is 6.09 Å². The first-order valence-electron chi connectivity index (χ1n) is 14.5. The normalized spacial score (nSPS) is 46.3. The highest BCUT2D eigenvalue weighted by molar-refractivity contribution is 6.05. The molecule has 0 aromatic heterocycles. The summed E-state index contributed by atoms with van der Waals surface area (Å²) >= 11 is 0. The van der Waals surface area contributed by atoms with Crippen molar-refractivity contribution in [3.63, 3.8) is 0 Å². The number of rotatable bonds is 2. The molecule has 0 saturated heterocycles. The molecule has 0 spiro atoms. The van der Waals surface area contributed by atoms with Gasteiger partial charge in [-0.1, -0.05) is 46.3 Å². The first-order valence-corrected chi connectivity index (χ1v) is 14.5. The molecule has 0 heterocycles. The molecule has 3 saturated carbocycles. The number of hydrogen-bond donors (Lipinski definition) is 2. The van der Waals surface area contributed by atoms with Crippen molar-refractivity contribution < 1.29 is 24.2 Å². The van der Waals surface area contributed by atoms with Crippen molar-refractivity contribution in [1.82, 2.24) is 5.32 Å². The zero-order valence-electron chi connectivity index (χ0n) is 24.6. The lowest BCUT2D eigenvalue weighted by molar-refractivity contribution is -0.162. The van der Waals surface area contributed by atoms with Gasteiger partial charge in [0.15, 0.2) is 11.6 Å². The number of alkyl carbamates (subject to hydrolysis) is 1. The number of aliphatic hydroxyl groups is 1. The molecular formula is C32H44N2O5. The van der Waals surface area contributed by atoms with Gasteiger partial charge in [-0.05, 0) is 86.0 Å². The Balaban J connectivity index is 1.68. The average molecular weight is 537 g/mol. The number of allylic oxidation sites excluding steroid dienone is 4. The number of ketones is 2. The second-order valence-electron chi connectivity index (χ2n) is 14.9. The number of Topliss-reactive ketones (excluding diaryl/α,β-unsaturated/α-hetero) is 1. The Morgan fingerprint density at radius 1 is 1.10 bits per heavy atom. The molecule has 0 bridgehead atoms. The molecule has 7 nitrogen and oxygen atoms in total. The smallest absolute Gasteiger partial charge is 0.407 e. The number of fused-ring (bicyclic) bond motifs is 7. The Morgan fingerprint density at radius 2 is 1.77 bits per heavy atom. The highest BCUT2D eigenvalue weighted by Gasteiger charge is 2.70. The van der Waals surface area contributed by atoms with Crippen molar-refractivity contribution in [2.75, 3.05) is 13.7 Å². The Labute approximate surface area is 232 Å². The molecule has 0 aromatic rings. The SMILES string of the molecule is COC(=O)N[C@]12CCC(C)(C)CC1C1C(=O)C=C3[C@@]4(C)C=C(C#N)C(=O)[C@@](C)(CO)C4CC[C@@]3(C)[C@]1(C)CC2. The van der Waals surface area contributed by atoms with Crippen LogP contribution < -0.4 is 5.32 Å². The van der Waals surface area contributed by atoms with E-state index in [0.29, 0.717) is 0 Å². The van der Waals surface area contributed by atoms with Gasteiger partial charge in [0.25, 0.3) is 0 Å². The van der Waals surface area contributed by atoms with Gasteiger partial charge in [0.05, 0.1) is 24.7 Å². The summed E-state index contributed by atoms with van der Waals surface area (Å²) < 4.78 is 5.05. The largest absolute Gasteiger partial charge is 0.453 e. The molecular weight excluding hydrogens is 492 g/mol. The first kappa shape index (κ1) is 28.1. The molecule has 0 radical (unpaired) electrons. The highest BCUT2D eigenvalue weighted by Crippen LogP contribution is 2.73. The maximum Gasteiger partial charge on any atom is 0.407 e. The Morgan fingerprint density at radius 3 is 2.38 bits per heavy atom. The van der Waals surface area contributed by atoms with Crippen molar-refractivity contribution >= 4 is 17.7 Å². The van der Waals surface area contributed by atoms with Crippen LogP contribution >= 0.6 is 0 Å². The Hall–Kier alpha value is -2.46. The number of amides is 1. The van der Waals surface area contributed by atoms with Crippen molar-refractivity contribution in [2.24, 2.45) is 44.8 Å². The molecule has 3 unspecified atom stereocenters. The molecule has 1 amide bonds. The van der Waals surface area contributed by atoms with Crippen molar-refractivity contribution in [1.29, 1.82) is 5.26 Å². The summed E-state index contributed by atoms with van der Waals surface area (Å²) in [7, 11) is 1.39. The van der Waals surface area contributed by atoms with Crippen LogP contribution in [0.3, 0.4) is 0 Å². The van der Waals surface area contributed by atoms with E-state index in [1.54, 1.807) is 13.0 Å². The minimum absolute atomic E-state index is 0.0207. The van der Waals surface area contributed by atoms with Gasteiger partial charge in [-0.3, -0.25) is 9.59 Å². The first-order chi connectivity index (χ1) is 18.1. The highest BCUT2D eigenvalue weighted by atomic mass is 16.5. The van der Waals surface area contributed by atoms with E-state index in [4.69, 9.17) is 4.74 Å². The standard InChI is InChI=1S/C32H44N2O5/c1-27(2)10-12-32(34-26(38)39-7)13-11-31(6)24(20(32)16-27)21(36)14-23-28(3)15-19(17-33)25(37)29(4,18-35)22(28)8-9-30(23,31)5/h14-15,20,22,24,35H,8-13,16,18H2,1-7H3,(H,34,38)/t20?,22?,24?,28-,29-,30+,31+,32-/m0/s1. The third kappa shape index (κ3) is 3.52. The van der Waals surface area contributed by atoms with Gasteiger partial charge in [-0.15, -0.1) is 0 Å². The van der Waals surface area contributed by atoms with E-state index in [9.17, 15) is 24.8 Å². The summed E-state index contributed by atoms with van der Waals surface area (Å²) in [5.41, 5.74) is -1.83. The van der Waals surface area contributed by atoms with Crippen LogP contribution in [0.25, 0.3) is 0 Å². The minimum atomic E-state index is -1.07.